The Labute approximate surface area is 118 Å². The molecule has 0 aliphatic carbocycles. The van der Waals surface area contributed by atoms with E-state index < -0.39 is 5.82 Å². The van der Waals surface area contributed by atoms with E-state index in [1.165, 1.54) is 24.6 Å². The van der Waals surface area contributed by atoms with E-state index in [1.807, 2.05) is 5.01 Å². The molecule has 2 unspecified atom stereocenters. The first kappa shape index (κ1) is 14.3. The minimum atomic E-state index is -0.417. The summed E-state index contributed by atoms with van der Waals surface area (Å²) in [7, 11) is 0. The minimum absolute atomic E-state index is 0.187. The second-order valence-electron chi connectivity index (χ2n) is 5.14. The van der Waals surface area contributed by atoms with Gasteiger partial charge < -0.3 is 0 Å². The Balaban J connectivity index is 2.09. The van der Waals surface area contributed by atoms with Crippen molar-refractivity contribution in [1.29, 1.82) is 0 Å². The molecule has 1 aromatic rings. The van der Waals surface area contributed by atoms with E-state index in [2.05, 4.69) is 31.9 Å². The number of nitrogens with zero attached hydrogens (tertiary/aromatic N) is 1. The average Bonchev–Trinajstić information content (AvgIpc) is 2.37. The van der Waals surface area contributed by atoms with Crippen LogP contribution in [-0.4, -0.2) is 23.0 Å². The van der Waals surface area contributed by atoms with Crippen molar-refractivity contribution in [1.82, 2.24) is 10.4 Å². The maximum atomic E-state index is 13.1. The molecule has 1 fully saturated rings. The monoisotopic (exact) mass is 282 g/mol. The van der Waals surface area contributed by atoms with Gasteiger partial charge in [-0.3, -0.25) is 10.2 Å². The summed E-state index contributed by atoms with van der Waals surface area (Å²) in [4.78, 5) is 12.3. The molecule has 1 amide bonds. The predicted molar refractivity (Wildman–Crippen MR) is 75.7 cm³/mol. The molecule has 19 heavy (non-hydrogen) atoms. The summed E-state index contributed by atoms with van der Waals surface area (Å²) in [6, 6.07) is 4.84. The molecule has 1 aliphatic rings. The molecule has 0 bridgehead atoms. The molecule has 0 aromatic heterocycles. The average molecular weight is 282 g/mol. The molecule has 1 N–H and O–H groups in total. The summed E-state index contributed by atoms with van der Waals surface area (Å²) in [5, 5.41) is 1.99. The van der Waals surface area contributed by atoms with Gasteiger partial charge in [0.1, 0.15) is 5.82 Å². The van der Waals surface area contributed by atoms with Crippen LogP contribution in [-0.2, 0) is 0 Å². The molecule has 1 aromatic carbocycles. The predicted octanol–water partition coefficient (Wildman–Crippen LogP) is 3.02. The Morgan fingerprint density at radius 2 is 2.00 bits per heavy atom. The first-order valence-corrected chi connectivity index (χ1v) is 7.01. The molecular weight excluding hydrogens is 263 g/mol. The molecule has 2 atom stereocenters. The number of nitrogens with one attached hydrogen (secondary N) is 1. The van der Waals surface area contributed by atoms with Crippen LogP contribution in [0.3, 0.4) is 0 Å². The summed E-state index contributed by atoms with van der Waals surface area (Å²) in [6.07, 6.45) is 3.34. The van der Waals surface area contributed by atoms with Gasteiger partial charge in [-0.2, -0.15) is 0 Å². The van der Waals surface area contributed by atoms with E-state index in [0.717, 1.165) is 12.8 Å². The highest BCUT2D eigenvalue weighted by molar-refractivity contribution is 7.80. The van der Waals surface area contributed by atoms with Crippen molar-refractivity contribution in [3.05, 3.63) is 29.6 Å². The van der Waals surface area contributed by atoms with Crippen molar-refractivity contribution in [3.63, 3.8) is 0 Å². The Kier molecular flexibility index (Phi) is 4.47. The van der Waals surface area contributed by atoms with Crippen molar-refractivity contribution in [3.8, 4) is 0 Å². The van der Waals surface area contributed by atoms with Gasteiger partial charge in [-0.25, -0.2) is 9.40 Å². The second kappa shape index (κ2) is 5.92. The molecule has 1 aliphatic heterocycles. The van der Waals surface area contributed by atoms with Crippen molar-refractivity contribution < 1.29 is 9.18 Å². The smallest absolute Gasteiger partial charge is 0.265 e. The fourth-order valence-electron chi connectivity index (χ4n) is 2.48. The summed E-state index contributed by atoms with van der Waals surface area (Å²) in [5.74, 6) is -0.629. The summed E-state index contributed by atoms with van der Waals surface area (Å²) in [5.41, 5.74) is 3.35. The zero-order chi connectivity index (χ0) is 14.0. The highest BCUT2D eigenvalue weighted by Gasteiger charge is 2.26. The summed E-state index contributed by atoms with van der Waals surface area (Å²) >= 11 is 3.99. The van der Waals surface area contributed by atoms with Crippen LogP contribution in [0, 0.1) is 5.82 Å². The zero-order valence-corrected chi connectivity index (χ0v) is 12.1. The van der Waals surface area contributed by atoms with Crippen LogP contribution in [0.5, 0.6) is 0 Å². The van der Waals surface area contributed by atoms with Crippen LogP contribution in [0.1, 0.15) is 43.5 Å². The number of thiol groups is 1. The maximum Gasteiger partial charge on any atom is 0.265 e. The van der Waals surface area contributed by atoms with E-state index in [9.17, 15) is 9.18 Å². The van der Waals surface area contributed by atoms with Crippen LogP contribution in [0.25, 0.3) is 0 Å². The summed E-state index contributed by atoms with van der Waals surface area (Å²) in [6.45, 7) is 4.20. The number of hydrogen-bond acceptors (Lipinski definition) is 3. The van der Waals surface area contributed by atoms with E-state index in [4.69, 9.17) is 0 Å². The lowest BCUT2D eigenvalue weighted by molar-refractivity contribution is 0.0369. The third-order valence-corrected chi connectivity index (χ3v) is 3.98. The maximum absolute atomic E-state index is 13.1. The molecule has 0 spiro atoms. The van der Waals surface area contributed by atoms with Crippen LogP contribution in [0.15, 0.2) is 23.1 Å². The Hall–Kier alpha value is -1.07. The largest absolute Gasteiger partial charge is 0.284 e. The standard InChI is InChI=1S/C14H19FN2OS/c1-9-4-3-5-10(2)17(9)16-14(18)11-6-7-12(15)13(19)8-11/h6-10,19H,3-5H2,1-2H3,(H,16,18). The number of benzene rings is 1. The number of rotatable bonds is 2. The van der Waals surface area contributed by atoms with E-state index in [0.29, 0.717) is 17.6 Å². The van der Waals surface area contributed by atoms with Crippen LogP contribution in [0.2, 0.25) is 0 Å². The van der Waals surface area contributed by atoms with Gasteiger partial charge in [0, 0.05) is 22.5 Å². The fraction of sp³-hybridized carbons (Fsp3) is 0.500. The van der Waals surface area contributed by atoms with E-state index in [-0.39, 0.29) is 10.8 Å². The first-order valence-electron chi connectivity index (χ1n) is 6.57. The molecule has 1 saturated heterocycles. The number of carbonyl (C=O) groups excluding carboxylic acids is 1. The van der Waals surface area contributed by atoms with Crippen molar-refractivity contribution in [2.24, 2.45) is 0 Å². The van der Waals surface area contributed by atoms with Gasteiger partial charge in [-0.15, -0.1) is 12.6 Å². The second-order valence-corrected chi connectivity index (χ2v) is 5.63. The highest BCUT2D eigenvalue weighted by atomic mass is 32.1. The van der Waals surface area contributed by atoms with E-state index >= 15 is 0 Å². The van der Waals surface area contributed by atoms with Gasteiger partial charge in [0.05, 0.1) is 0 Å². The lowest BCUT2D eigenvalue weighted by Crippen LogP contribution is -2.54. The Morgan fingerprint density at radius 1 is 1.37 bits per heavy atom. The van der Waals surface area contributed by atoms with Crippen molar-refractivity contribution in [2.45, 2.75) is 50.1 Å². The molecule has 104 valence electrons. The fourth-order valence-corrected chi connectivity index (χ4v) is 2.69. The number of amides is 1. The normalized spacial score (nSPS) is 24.2. The van der Waals surface area contributed by atoms with Gasteiger partial charge in [0.15, 0.2) is 0 Å². The molecular formula is C14H19FN2OS. The number of hydrazine groups is 1. The van der Waals surface area contributed by atoms with Gasteiger partial charge in [0.25, 0.3) is 5.91 Å². The molecule has 0 radical (unpaired) electrons. The first-order chi connectivity index (χ1) is 8.99. The molecule has 5 heteroatoms. The Morgan fingerprint density at radius 3 is 2.58 bits per heavy atom. The number of carbonyl (C=O) groups is 1. The lowest BCUT2D eigenvalue weighted by Gasteiger charge is -2.38. The van der Waals surface area contributed by atoms with Crippen molar-refractivity contribution in [2.75, 3.05) is 0 Å². The quantitative estimate of drug-likeness (QED) is 0.817. The van der Waals surface area contributed by atoms with Crippen LogP contribution in [0.4, 0.5) is 4.39 Å². The topological polar surface area (TPSA) is 32.3 Å². The summed E-state index contributed by atoms with van der Waals surface area (Å²) < 4.78 is 13.1. The number of halogens is 1. The SMILES string of the molecule is CC1CCCC(C)N1NC(=O)c1ccc(F)c(S)c1. The van der Waals surface area contributed by atoms with Crippen LogP contribution >= 0.6 is 12.6 Å². The third-order valence-electron chi connectivity index (χ3n) is 3.63. The number of piperidine rings is 1. The van der Waals surface area contributed by atoms with Gasteiger partial charge >= 0.3 is 0 Å². The zero-order valence-electron chi connectivity index (χ0n) is 11.2. The highest BCUT2D eigenvalue weighted by Crippen LogP contribution is 2.21. The Bertz CT molecular complexity index is 471. The van der Waals surface area contributed by atoms with Gasteiger partial charge in [-0.1, -0.05) is 6.42 Å². The lowest BCUT2D eigenvalue weighted by atomic mass is 10.00. The molecule has 3 nitrogen and oxygen atoms in total. The molecule has 2 rings (SSSR count). The molecule has 0 saturated carbocycles. The molecule has 1 heterocycles. The van der Waals surface area contributed by atoms with E-state index in [1.54, 1.807) is 0 Å². The third kappa shape index (κ3) is 3.28. The van der Waals surface area contributed by atoms with Crippen LogP contribution < -0.4 is 5.43 Å². The van der Waals surface area contributed by atoms with Gasteiger partial charge in [0.2, 0.25) is 0 Å². The van der Waals surface area contributed by atoms with Gasteiger partial charge in [-0.05, 0) is 44.9 Å². The van der Waals surface area contributed by atoms with Crippen molar-refractivity contribution >= 4 is 18.5 Å². The minimum Gasteiger partial charge on any atom is -0.284 e. The number of hydrogen-bond donors (Lipinski definition) is 2.